The normalized spacial score (nSPS) is 13.1. The molecule has 2 rings (SSSR count). The zero-order valence-corrected chi connectivity index (χ0v) is 32.0. The largest absolute Gasteiger partial charge is 2.00 e. The number of Topliss-reactive ketones (excluding diaryl/α,β-unsaturated/α-hetero) is 2. The summed E-state index contributed by atoms with van der Waals surface area (Å²) in [6.07, 6.45) is 2.80. The van der Waals surface area contributed by atoms with Crippen molar-refractivity contribution in [1.29, 1.82) is 15.8 Å². The minimum absolute atomic E-state index is 0. The Balaban J connectivity index is -0.000000129. The molecule has 0 atom stereocenters. The van der Waals surface area contributed by atoms with E-state index in [1.165, 1.54) is 33.2 Å². The number of carbonyl (C=O) groups is 2. The summed E-state index contributed by atoms with van der Waals surface area (Å²) in [5, 5.41) is 22.0. The minimum atomic E-state index is -10.7. The number of benzene rings is 2. The van der Waals surface area contributed by atoms with Crippen LogP contribution in [0.4, 0.5) is 50.4 Å². The summed E-state index contributed by atoms with van der Waals surface area (Å²) >= 11 is 0. The molecule has 52 heavy (non-hydrogen) atoms. The maximum atomic E-state index is 11.5. The number of aliphatic imine (C=N–C) groups is 2. The van der Waals surface area contributed by atoms with E-state index in [9.17, 15) is 60.0 Å². The number of hydrogen-bond acceptors (Lipinski definition) is 7. The molecule has 22 heteroatoms. The van der Waals surface area contributed by atoms with Crippen LogP contribution >= 0.6 is 15.6 Å². The first-order valence-corrected chi connectivity index (χ1v) is 17.5. The van der Waals surface area contributed by atoms with Crippen LogP contribution in [0.25, 0.3) is 0 Å². The molecule has 7 nitrogen and oxygen atoms in total. The first kappa shape index (κ1) is 60.2. The number of nitriles is 3. The maximum absolute atomic E-state index is 11.5. The first-order chi connectivity index (χ1) is 22.1. The summed E-state index contributed by atoms with van der Waals surface area (Å²) in [5.74, 6) is -0.0824. The Labute approximate surface area is 304 Å². The average molecular weight is 850 g/mol. The second-order valence-corrected chi connectivity index (χ2v) is 14.7. The van der Waals surface area contributed by atoms with Gasteiger partial charge in [0.2, 0.25) is 11.6 Å². The van der Waals surface area contributed by atoms with Crippen molar-refractivity contribution in [2.75, 3.05) is 0 Å². The molecular formula is C30H39F12N5NiO2P2. The predicted molar refractivity (Wildman–Crippen MR) is 179 cm³/mol. The molecule has 0 heterocycles. The SMILES string of the molecule is CC#N.CC#N.CC#N.CC(C)(C)N=CC(=O)c1ccccc1.CC(C)(C)N=CC(=O)c1ccccc1.F[P-](F)(F)(F)(F)F.F[P-](F)(F)(F)(F)F.[Ni+2]. The second kappa shape index (κ2) is 22.2. The Morgan fingerprint density at radius 1 is 0.519 bits per heavy atom. The van der Waals surface area contributed by atoms with Crippen LogP contribution in [0.15, 0.2) is 70.6 Å². The van der Waals surface area contributed by atoms with Crippen molar-refractivity contribution in [1.82, 2.24) is 0 Å². The fraction of sp³-hybridized carbons (Fsp3) is 0.367. The van der Waals surface area contributed by atoms with E-state index in [4.69, 9.17) is 15.8 Å². The van der Waals surface area contributed by atoms with Crippen LogP contribution in [-0.4, -0.2) is 35.1 Å². The van der Waals surface area contributed by atoms with Crippen LogP contribution in [0.2, 0.25) is 0 Å². The van der Waals surface area contributed by atoms with E-state index in [-0.39, 0.29) is 39.1 Å². The number of halogens is 12. The van der Waals surface area contributed by atoms with Gasteiger partial charge in [-0.1, -0.05) is 60.7 Å². The Bertz CT molecular complexity index is 1370. The smallest absolute Gasteiger partial charge is 2.00 e. The molecule has 300 valence electrons. The summed E-state index contributed by atoms with van der Waals surface area (Å²) in [4.78, 5) is 31.4. The summed E-state index contributed by atoms with van der Waals surface area (Å²) in [7, 11) is -21.3. The Morgan fingerprint density at radius 2 is 0.673 bits per heavy atom. The fourth-order valence-corrected chi connectivity index (χ4v) is 1.86. The molecule has 0 unspecified atom stereocenters. The quantitative estimate of drug-likeness (QED) is 0.0994. The van der Waals surface area contributed by atoms with Crippen LogP contribution in [0.1, 0.15) is 83.0 Å². The number of nitrogens with zero attached hydrogens (tertiary/aromatic N) is 5. The number of rotatable bonds is 4. The number of hydrogen-bond donors (Lipinski definition) is 0. The van der Waals surface area contributed by atoms with Gasteiger partial charge in [0.1, 0.15) is 0 Å². The Kier molecular flexibility index (Phi) is 25.7. The number of carbonyl (C=O) groups excluding carboxylic acids is 2. The molecule has 0 N–H and O–H groups in total. The van der Waals surface area contributed by atoms with Gasteiger partial charge in [0, 0.05) is 31.9 Å². The van der Waals surface area contributed by atoms with Crippen molar-refractivity contribution in [3.05, 3.63) is 71.8 Å². The van der Waals surface area contributed by atoms with E-state index in [0.717, 1.165) is 0 Å². The van der Waals surface area contributed by atoms with Gasteiger partial charge in [0.05, 0.1) is 41.7 Å². The molecule has 0 aromatic heterocycles. The van der Waals surface area contributed by atoms with Crippen LogP contribution in [0.5, 0.6) is 0 Å². The molecule has 2 aromatic carbocycles. The van der Waals surface area contributed by atoms with Gasteiger partial charge in [-0.2, -0.15) is 15.8 Å². The molecule has 0 saturated carbocycles. The average Bonchev–Trinajstić information content (AvgIpc) is 2.89. The van der Waals surface area contributed by atoms with Gasteiger partial charge in [-0.15, -0.1) is 0 Å². The maximum Gasteiger partial charge on any atom is 2.00 e. The van der Waals surface area contributed by atoms with E-state index in [1.54, 1.807) is 42.5 Å². The van der Waals surface area contributed by atoms with Crippen molar-refractivity contribution in [2.24, 2.45) is 9.98 Å². The second-order valence-electron chi connectivity index (χ2n) is 10.9. The fourth-order valence-electron chi connectivity index (χ4n) is 1.86. The molecule has 0 radical (unpaired) electrons. The van der Waals surface area contributed by atoms with Gasteiger partial charge in [0.15, 0.2) is 0 Å². The van der Waals surface area contributed by atoms with Crippen LogP contribution in [-0.2, 0) is 16.5 Å². The predicted octanol–water partition coefficient (Wildman–Crippen LogP) is 13.8. The van der Waals surface area contributed by atoms with Gasteiger partial charge in [-0.3, -0.25) is 19.6 Å². The molecular weight excluding hydrogens is 811 g/mol. The molecule has 0 aliphatic rings. The van der Waals surface area contributed by atoms with Gasteiger partial charge in [-0.05, 0) is 41.5 Å². The molecule has 0 aliphatic carbocycles. The van der Waals surface area contributed by atoms with E-state index in [2.05, 4.69) is 9.98 Å². The number of ketones is 2. The van der Waals surface area contributed by atoms with Crippen molar-refractivity contribution >= 4 is 39.6 Å². The molecule has 0 saturated heterocycles. The van der Waals surface area contributed by atoms with Crippen molar-refractivity contribution in [3.63, 3.8) is 0 Å². The Hall–Kier alpha value is -3.90. The molecule has 2 aromatic rings. The summed E-state index contributed by atoms with van der Waals surface area (Å²) in [5.41, 5.74) is 0.982. The van der Waals surface area contributed by atoms with Gasteiger partial charge in [0.25, 0.3) is 0 Å². The third-order valence-electron chi connectivity index (χ3n) is 3.25. The third kappa shape index (κ3) is 91.0. The van der Waals surface area contributed by atoms with Crippen LogP contribution in [0.3, 0.4) is 0 Å². The zero-order valence-electron chi connectivity index (χ0n) is 29.2. The summed E-state index contributed by atoms with van der Waals surface area (Å²) < 4.78 is 118. The third-order valence-corrected chi connectivity index (χ3v) is 3.25. The van der Waals surface area contributed by atoms with Crippen LogP contribution < -0.4 is 0 Å². The monoisotopic (exact) mass is 849 g/mol. The molecule has 0 fully saturated rings. The van der Waals surface area contributed by atoms with Crippen LogP contribution in [0, 0.1) is 34.0 Å². The molecule has 0 bridgehead atoms. The molecule has 0 amide bonds. The minimum Gasteiger partial charge on any atom is 2.00 e. The van der Waals surface area contributed by atoms with E-state index in [0.29, 0.717) is 11.1 Å². The summed E-state index contributed by atoms with van der Waals surface area (Å²) in [6.45, 7) is 16.1. The first-order valence-electron chi connectivity index (χ1n) is 13.5. The zero-order chi connectivity index (χ0) is 42.1. The van der Waals surface area contributed by atoms with Crippen molar-refractivity contribution in [3.8, 4) is 18.2 Å². The standard InChI is InChI=1S/2C12H15NO.3C2H3N.2F6P.Ni/c2*1-12(2,3)13-9-11(14)10-7-5-4-6-8-10;3*1-2-3;2*1-7(2,3,4,5)6;/h2*4-9H,1-3H3;3*1H3;;;/q;;;;;2*-1;+2. The van der Waals surface area contributed by atoms with E-state index >= 15 is 0 Å². The van der Waals surface area contributed by atoms with Crippen molar-refractivity contribution < 1.29 is 76.4 Å². The Morgan fingerprint density at radius 3 is 0.808 bits per heavy atom. The summed E-state index contributed by atoms with van der Waals surface area (Å²) in [6, 6.07) is 23.6. The van der Waals surface area contributed by atoms with Gasteiger partial charge < -0.3 is 0 Å². The van der Waals surface area contributed by atoms with Gasteiger partial charge in [-0.25, -0.2) is 0 Å². The molecule has 0 spiro atoms. The van der Waals surface area contributed by atoms with E-state index in [1.807, 2.05) is 77.9 Å². The topological polar surface area (TPSA) is 130 Å². The van der Waals surface area contributed by atoms with Crippen molar-refractivity contribution in [2.45, 2.75) is 73.4 Å². The van der Waals surface area contributed by atoms with Gasteiger partial charge >= 0.3 is 82.5 Å². The molecule has 0 aliphatic heterocycles. The van der Waals surface area contributed by atoms with E-state index < -0.39 is 15.6 Å².